The highest BCUT2D eigenvalue weighted by molar-refractivity contribution is 6.07. The van der Waals surface area contributed by atoms with Gasteiger partial charge >= 0.3 is 5.97 Å². The van der Waals surface area contributed by atoms with E-state index in [0.29, 0.717) is 0 Å². The van der Waals surface area contributed by atoms with Crippen LogP contribution in [-0.2, 0) is 14.3 Å². The van der Waals surface area contributed by atoms with Gasteiger partial charge in [-0.1, -0.05) is 12.1 Å². The van der Waals surface area contributed by atoms with E-state index in [1.165, 1.54) is 4.90 Å². The lowest BCUT2D eigenvalue weighted by Gasteiger charge is -2.33. The van der Waals surface area contributed by atoms with Crippen LogP contribution >= 0.6 is 0 Å². The fourth-order valence-electron chi connectivity index (χ4n) is 3.00. The first kappa shape index (κ1) is 13.9. The van der Waals surface area contributed by atoms with Crippen LogP contribution in [0, 0.1) is 0 Å². The number of nitrogens with zero attached hydrogens (tertiary/aromatic N) is 1. The maximum Gasteiger partial charge on any atom is 0.326 e. The Bertz CT molecular complexity index is 552. The molecule has 0 bridgehead atoms. The van der Waals surface area contributed by atoms with Gasteiger partial charge in [-0.3, -0.25) is 14.5 Å². The second kappa shape index (κ2) is 5.76. The molecule has 0 saturated heterocycles. The van der Waals surface area contributed by atoms with Crippen molar-refractivity contribution in [2.45, 2.75) is 44.8 Å². The SMILES string of the molecule is CC1Nc2ccccc2N(CC(=O)OC2CCCC2)C1=O. The Labute approximate surface area is 124 Å². The molecule has 1 unspecified atom stereocenters. The van der Waals surface area contributed by atoms with Gasteiger partial charge in [-0.05, 0) is 44.7 Å². The number of benzene rings is 1. The summed E-state index contributed by atoms with van der Waals surface area (Å²) in [6.45, 7) is 1.78. The molecule has 1 heterocycles. The molecule has 1 atom stereocenters. The molecule has 2 aliphatic rings. The van der Waals surface area contributed by atoms with Gasteiger partial charge in [0.15, 0.2) is 0 Å². The van der Waals surface area contributed by atoms with Crippen LogP contribution in [0.3, 0.4) is 0 Å². The van der Waals surface area contributed by atoms with Crippen LogP contribution in [0.5, 0.6) is 0 Å². The predicted molar refractivity (Wildman–Crippen MR) is 80.2 cm³/mol. The van der Waals surface area contributed by atoms with Gasteiger partial charge in [-0.2, -0.15) is 0 Å². The summed E-state index contributed by atoms with van der Waals surface area (Å²) in [6, 6.07) is 7.18. The summed E-state index contributed by atoms with van der Waals surface area (Å²) in [5, 5.41) is 3.14. The molecule has 1 amide bonds. The van der Waals surface area contributed by atoms with Gasteiger partial charge in [0.25, 0.3) is 0 Å². The average molecular weight is 288 g/mol. The number of nitrogens with one attached hydrogen (secondary N) is 1. The van der Waals surface area contributed by atoms with Crippen molar-refractivity contribution in [3.63, 3.8) is 0 Å². The number of carbonyl (C=O) groups is 2. The molecule has 1 fully saturated rings. The molecule has 1 aromatic carbocycles. The molecule has 1 aromatic rings. The van der Waals surface area contributed by atoms with Crippen molar-refractivity contribution in [3.8, 4) is 0 Å². The topological polar surface area (TPSA) is 58.6 Å². The number of fused-ring (bicyclic) bond motifs is 1. The van der Waals surface area contributed by atoms with Gasteiger partial charge in [0.1, 0.15) is 18.7 Å². The fraction of sp³-hybridized carbons (Fsp3) is 0.500. The largest absolute Gasteiger partial charge is 0.461 e. The Kier molecular flexibility index (Phi) is 3.82. The Balaban J connectivity index is 1.73. The highest BCUT2D eigenvalue weighted by Crippen LogP contribution is 2.31. The van der Waals surface area contributed by atoms with Crippen molar-refractivity contribution in [2.24, 2.45) is 0 Å². The van der Waals surface area contributed by atoms with Crippen molar-refractivity contribution >= 4 is 23.3 Å². The number of para-hydroxylation sites is 2. The summed E-state index contributed by atoms with van der Waals surface area (Å²) in [6.07, 6.45) is 4.14. The molecular weight excluding hydrogens is 268 g/mol. The highest BCUT2D eigenvalue weighted by atomic mass is 16.5. The molecule has 1 N–H and O–H groups in total. The van der Waals surface area contributed by atoms with E-state index in [0.717, 1.165) is 37.1 Å². The van der Waals surface area contributed by atoms with Crippen LogP contribution in [0.4, 0.5) is 11.4 Å². The number of hydrogen-bond acceptors (Lipinski definition) is 4. The summed E-state index contributed by atoms with van der Waals surface area (Å²) in [5.41, 5.74) is 1.61. The average Bonchev–Trinajstić information content (AvgIpc) is 2.96. The predicted octanol–water partition coefficient (Wildman–Crippen LogP) is 2.32. The van der Waals surface area contributed by atoms with Crippen LogP contribution in [0.2, 0.25) is 0 Å². The first-order valence-electron chi connectivity index (χ1n) is 7.51. The zero-order valence-corrected chi connectivity index (χ0v) is 12.2. The summed E-state index contributed by atoms with van der Waals surface area (Å²) < 4.78 is 5.46. The van der Waals surface area contributed by atoms with Crippen molar-refractivity contribution in [1.82, 2.24) is 0 Å². The molecule has 1 saturated carbocycles. The number of hydrogen-bond donors (Lipinski definition) is 1. The fourth-order valence-corrected chi connectivity index (χ4v) is 3.00. The van der Waals surface area contributed by atoms with E-state index < -0.39 is 0 Å². The number of rotatable bonds is 3. The molecular formula is C16H20N2O3. The lowest BCUT2D eigenvalue weighted by molar-refractivity contribution is -0.147. The number of amides is 1. The Hall–Kier alpha value is -2.04. The monoisotopic (exact) mass is 288 g/mol. The summed E-state index contributed by atoms with van der Waals surface area (Å²) >= 11 is 0. The standard InChI is InChI=1S/C16H20N2O3/c1-11-16(20)18(14-9-5-4-8-13(14)17-11)10-15(19)21-12-6-2-3-7-12/h4-5,8-9,11-12,17H,2-3,6-7,10H2,1H3. The van der Waals surface area contributed by atoms with Crippen LogP contribution in [0.15, 0.2) is 24.3 Å². The zero-order valence-electron chi connectivity index (χ0n) is 12.2. The van der Waals surface area contributed by atoms with E-state index >= 15 is 0 Å². The van der Waals surface area contributed by atoms with Crippen LogP contribution in [0.25, 0.3) is 0 Å². The minimum atomic E-state index is -0.334. The van der Waals surface area contributed by atoms with Gasteiger partial charge < -0.3 is 10.1 Å². The van der Waals surface area contributed by atoms with Crippen LogP contribution in [-0.4, -0.2) is 30.6 Å². The molecule has 5 heteroatoms. The molecule has 112 valence electrons. The number of carbonyl (C=O) groups excluding carboxylic acids is 2. The van der Waals surface area contributed by atoms with Gasteiger partial charge in [-0.15, -0.1) is 0 Å². The third kappa shape index (κ3) is 2.86. The lowest BCUT2D eigenvalue weighted by atomic mass is 10.1. The van der Waals surface area contributed by atoms with Crippen LogP contribution in [0.1, 0.15) is 32.6 Å². The minimum Gasteiger partial charge on any atom is -0.461 e. The number of esters is 1. The first-order chi connectivity index (χ1) is 10.1. The molecule has 0 aromatic heterocycles. The van der Waals surface area contributed by atoms with Gasteiger partial charge in [0.05, 0.1) is 11.4 Å². The maximum atomic E-state index is 12.3. The molecule has 3 rings (SSSR count). The third-order valence-corrected chi connectivity index (χ3v) is 4.09. The lowest BCUT2D eigenvalue weighted by Crippen LogP contribution is -2.48. The summed E-state index contributed by atoms with van der Waals surface area (Å²) in [4.78, 5) is 25.9. The smallest absolute Gasteiger partial charge is 0.326 e. The maximum absolute atomic E-state index is 12.3. The van der Waals surface area contributed by atoms with Crippen molar-refractivity contribution in [1.29, 1.82) is 0 Å². The van der Waals surface area contributed by atoms with Gasteiger partial charge in [0, 0.05) is 0 Å². The molecule has 21 heavy (non-hydrogen) atoms. The molecule has 0 spiro atoms. The molecule has 1 aliphatic heterocycles. The first-order valence-corrected chi connectivity index (χ1v) is 7.51. The Morgan fingerprint density at radius 2 is 2.05 bits per heavy atom. The second-order valence-electron chi connectivity index (χ2n) is 5.70. The number of ether oxygens (including phenoxy) is 1. The highest BCUT2D eigenvalue weighted by Gasteiger charge is 2.31. The van der Waals surface area contributed by atoms with Crippen molar-refractivity contribution in [2.75, 3.05) is 16.8 Å². The minimum absolute atomic E-state index is 0.0155. The van der Waals surface area contributed by atoms with E-state index in [9.17, 15) is 9.59 Å². The zero-order chi connectivity index (χ0) is 14.8. The summed E-state index contributed by atoms with van der Waals surface area (Å²) in [7, 11) is 0. The van der Waals surface area contributed by atoms with Crippen LogP contribution < -0.4 is 10.2 Å². The summed E-state index contributed by atoms with van der Waals surface area (Å²) in [5.74, 6) is -0.420. The second-order valence-corrected chi connectivity index (χ2v) is 5.70. The van der Waals surface area contributed by atoms with E-state index in [4.69, 9.17) is 4.74 Å². The van der Waals surface area contributed by atoms with Gasteiger partial charge in [-0.25, -0.2) is 0 Å². The van der Waals surface area contributed by atoms with E-state index in [-0.39, 0.29) is 30.6 Å². The molecule has 5 nitrogen and oxygen atoms in total. The Morgan fingerprint density at radius 3 is 2.81 bits per heavy atom. The third-order valence-electron chi connectivity index (χ3n) is 4.09. The normalized spacial score (nSPS) is 21.9. The molecule has 1 aliphatic carbocycles. The van der Waals surface area contributed by atoms with Crippen molar-refractivity contribution < 1.29 is 14.3 Å². The van der Waals surface area contributed by atoms with Crippen molar-refractivity contribution in [3.05, 3.63) is 24.3 Å². The molecule has 0 radical (unpaired) electrons. The van der Waals surface area contributed by atoms with Gasteiger partial charge in [0.2, 0.25) is 5.91 Å². The number of anilines is 2. The quantitative estimate of drug-likeness (QED) is 0.867. The van der Waals surface area contributed by atoms with E-state index in [1.807, 2.05) is 24.3 Å². The van der Waals surface area contributed by atoms with E-state index in [1.54, 1.807) is 6.92 Å². The van der Waals surface area contributed by atoms with E-state index in [2.05, 4.69) is 5.32 Å². The Morgan fingerprint density at radius 1 is 1.33 bits per heavy atom.